The van der Waals surface area contributed by atoms with Crippen molar-refractivity contribution in [3.05, 3.63) is 18.0 Å². The zero-order valence-electron chi connectivity index (χ0n) is 9.98. The van der Waals surface area contributed by atoms with E-state index in [1.54, 1.807) is 13.3 Å². The average Bonchev–Trinajstić information content (AvgIpc) is 2.83. The average molecular weight is 248 g/mol. The van der Waals surface area contributed by atoms with Crippen molar-refractivity contribution in [1.29, 1.82) is 5.26 Å². The van der Waals surface area contributed by atoms with E-state index in [1.807, 2.05) is 17.8 Å². The van der Waals surface area contributed by atoms with Gasteiger partial charge in [0.05, 0.1) is 36.4 Å². The van der Waals surface area contributed by atoms with Gasteiger partial charge in [-0.15, -0.1) is 11.8 Å². The Labute approximate surface area is 106 Å². The molecule has 1 aromatic heterocycles. The molecule has 0 N–H and O–H groups in total. The second-order valence-electron chi connectivity index (χ2n) is 4.19. The largest absolute Gasteiger partial charge is 0.494 e. The summed E-state index contributed by atoms with van der Waals surface area (Å²) in [6, 6.07) is 4.12. The lowest BCUT2D eigenvalue weighted by Gasteiger charge is -2.12. The molecule has 90 valence electrons. The molecule has 0 atom stereocenters. The van der Waals surface area contributed by atoms with Crippen molar-refractivity contribution in [2.45, 2.75) is 42.2 Å². The molecule has 1 aliphatic carbocycles. The molecular weight excluding hydrogens is 232 g/mol. The van der Waals surface area contributed by atoms with Crippen LogP contribution in [0.2, 0.25) is 0 Å². The highest BCUT2D eigenvalue weighted by Crippen LogP contribution is 2.38. The third-order valence-corrected chi connectivity index (χ3v) is 4.34. The maximum atomic E-state index is 8.69. The number of thioether (sulfide) groups is 1. The summed E-state index contributed by atoms with van der Waals surface area (Å²) in [5.74, 6) is 0.823. The molecule has 2 rings (SSSR count). The molecule has 0 aromatic carbocycles. The lowest BCUT2D eigenvalue weighted by Crippen LogP contribution is -1.98. The summed E-state index contributed by atoms with van der Waals surface area (Å²) in [5, 5.41) is 9.39. The van der Waals surface area contributed by atoms with E-state index in [2.05, 4.69) is 11.1 Å². The van der Waals surface area contributed by atoms with Crippen LogP contribution in [0, 0.1) is 11.3 Å². The fourth-order valence-electron chi connectivity index (χ4n) is 2.07. The molecule has 1 fully saturated rings. The molecule has 0 unspecified atom stereocenters. The first-order valence-corrected chi connectivity index (χ1v) is 6.78. The summed E-state index contributed by atoms with van der Waals surface area (Å²) >= 11 is 1.87. The van der Waals surface area contributed by atoms with Crippen LogP contribution in [0.1, 0.15) is 31.4 Å². The van der Waals surface area contributed by atoms with Crippen molar-refractivity contribution in [2.75, 3.05) is 7.11 Å². The number of rotatable bonds is 4. The maximum absolute atomic E-state index is 8.69. The number of pyridine rings is 1. The summed E-state index contributed by atoms with van der Waals surface area (Å²) in [6.45, 7) is 0. The van der Waals surface area contributed by atoms with Crippen molar-refractivity contribution in [1.82, 2.24) is 4.98 Å². The summed E-state index contributed by atoms with van der Waals surface area (Å²) in [6.07, 6.45) is 7.31. The SMILES string of the molecule is COc1cnc(CC#N)cc1SC1CCCC1. The molecule has 1 aromatic rings. The second-order valence-corrected chi connectivity index (χ2v) is 5.53. The predicted molar refractivity (Wildman–Crippen MR) is 68.2 cm³/mol. The minimum absolute atomic E-state index is 0.363. The van der Waals surface area contributed by atoms with Gasteiger partial charge in [0.15, 0.2) is 5.75 Å². The summed E-state index contributed by atoms with van der Waals surface area (Å²) in [7, 11) is 1.67. The third kappa shape index (κ3) is 3.13. The Morgan fingerprint density at radius 1 is 1.53 bits per heavy atom. The number of nitriles is 1. The van der Waals surface area contributed by atoms with Crippen molar-refractivity contribution >= 4 is 11.8 Å². The second kappa shape index (κ2) is 5.92. The summed E-state index contributed by atoms with van der Waals surface area (Å²) in [4.78, 5) is 5.34. The summed E-state index contributed by atoms with van der Waals surface area (Å²) < 4.78 is 5.32. The number of hydrogen-bond acceptors (Lipinski definition) is 4. The molecule has 1 saturated carbocycles. The lowest BCUT2D eigenvalue weighted by molar-refractivity contribution is 0.402. The van der Waals surface area contributed by atoms with Crippen LogP contribution in [0.25, 0.3) is 0 Å². The van der Waals surface area contributed by atoms with Gasteiger partial charge in [0, 0.05) is 5.25 Å². The molecule has 17 heavy (non-hydrogen) atoms. The molecule has 0 aliphatic heterocycles. The molecule has 4 heteroatoms. The summed E-state index contributed by atoms with van der Waals surface area (Å²) in [5.41, 5.74) is 0.828. The molecule has 1 heterocycles. The van der Waals surface area contributed by atoms with E-state index in [-0.39, 0.29) is 0 Å². The van der Waals surface area contributed by atoms with E-state index in [1.165, 1.54) is 25.7 Å². The molecule has 1 aliphatic rings. The smallest absolute Gasteiger partial charge is 0.150 e. The number of aromatic nitrogens is 1. The van der Waals surface area contributed by atoms with E-state index in [0.717, 1.165) is 16.3 Å². The van der Waals surface area contributed by atoms with Crippen molar-refractivity contribution in [3.8, 4) is 11.8 Å². The van der Waals surface area contributed by atoms with Gasteiger partial charge in [-0.3, -0.25) is 4.98 Å². The number of nitrogens with zero attached hydrogens (tertiary/aromatic N) is 2. The van der Waals surface area contributed by atoms with Gasteiger partial charge in [0.2, 0.25) is 0 Å². The van der Waals surface area contributed by atoms with Crippen LogP contribution >= 0.6 is 11.8 Å². The van der Waals surface area contributed by atoms with Crippen LogP contribution in [-0.4, -0.2) is 17.3 Å². The topological polar surface area (TPSA) is 45.9 Å². The molecule has 0 saturated heterocycles. The zero-order chi connectivity index (χ0) is 12.1. The molecule has 0 radical (unpaired) electrons. The van der Waals surface area contributed by atoms with E-state index in [0.29, 0.717) is 11.7 Å². The fourth-order valence-corrected chi connectivity index (χ4v) is 3.46. The Morgan fingerprint density at radius 2 is 2.29 bits per heavy atom. The van der Waals surface area contributed by atoms with E-state index in [9.17, 15) is 0 Å². The van der Waals surface area contributed by atoms with Gasteiger partial charge in [0.1, 0.15) is 0 Å². The first kappa shape index (κ1) is 12.3. The van der Waals surface area contributed by atoms with Crippen LogP contribution in [-0.2, 0) is 6.42 Å². The number of ether oxygens (including phenoxy) is 1. The fraction of sp³-hybridized carbons (Fsp3) is 0.538. The Bertz CT molecular complexity index is 422. The maximum Gasteiger partial charge on any atom is 0.150 e. The van der Waals surface area contributed by atoms with Crippen LogP contribution in [0.3, 0.4) is 0 Å². The first-order chi connectivity index (χ1) is 8.33. The standard InChI is InChI=1S/C13H16N2OS/c1-16-12-9-15-10(6-7-14)8-13(12)17-11-4-2-3-5-11/h8-9,11H,2-6H2,1H3. The van der Waals surface area contributed by atoms with Gasteiger partial charge in [-0.05, 0) is 18.9 Å². The van der Waals surface area contributed by atoms with E-state index >= 15 is 0 Å². The molecule has 0 bridgehead atoms. The van der Waals surface area contributed by atoms with Gasteiger partial charge in [-0.25, -0.2) is 0 Å². The highest BCUT2D eigenvalue weighted by Gasteiger charge is 2.18. The monoisotopic (exact) mass is 248 g/mol. The van der Waals surface area contributed by atoms with Crippen LogP contribution in [0.4, 0.5) is 0 Å². The predicted octanol–water partition coefficient (Wildman–Crippen LogP) is 3.19. The molecular formula is C13H16N2OS. The van der Waals surface area contributed by atoms with E-state index < -0.39 is 0 Å². The quantitative estimate of drug-likeness (QED) is 0.821. The Balaban J connectivity index is 2.16. The minimum atomic E-state index is 0.363. The number of methoxy groups -OCH3 is 1. The van der Waals surface area contributed by atoms with Gasteiger partial charge in [-0.1, -0.05) is 12.8 Å². The van der Waals surface area contributed by atoms with Gasteiger partial charge in [0.25, 0.3) is 0 Å². The Hall–Kier alpha value is -1.21. The van der Waals surface area contributed by atoms with Crippen molar-refractivity contribution < 1.29 is 4.74 Å². The van der Waals surface area contributed by atoms with Crippen LogP contribution < -0.4 is 4.74 Å². The number of hydrogen-bond donors (Lipinski definition) is 0. The Morgan fingerprint density at radius 3 is 2.94 bits per heavy atom. The van der Waals surface area contributed by atoms with Crippen LogP contribution in [0.5, 0.6) is 5.75 Å². The zero-order valence-corrected chi connectivity index (χ0v) is 10.8. The van der Waals surface area contributed by atoms with Gasteiger partial charge >= 0.3 is 0 Å². The van der Waals surface area contributed by atoms with Gasteiger partial charge < -0.3 is 4.74 Å². The minimum Gasteiger partial charge on any atom is -0.494 e. The molecule has 3 nitrogen and oxygen atoms in total. The third-order valence-electron chi connectivity index (χ3n) is 2.96. The van der Waals surface area contributed by atoms with Crippen LogP contribution in [0.15, 0.2) is 17.2 Å². The Kier molecular flexibility index (Phi) is 4.27. The molecule has 0 amide bonds. The van der Waals surface area contributed by atoms with Gasteiger partial charge in [-0.2, -0.15) is 5.26 Å². The normalized spacial score (nSPS) is 15.8. The molecule has 0 spiro atoms. The highest BCUT2D eigenvalue weighted by molar-refractivity contribution is 8.00. The van der Waals surface area contributed by atoms with Crippen molar-refractivity contribution in [3.63, 3.8) is 0 Å². The highest BCUT2D eigenvalue weighted by atomic mass is 32.2. The van der Waals surface area contributed by atoms with Crippen molar-refractivity contribution in [2.24, 2.45) is 0 Å². The first-order valence-electron chi connectivity index (χ1n) is 5.90. The lowest BCUT2D eigenvalue weighted by atomic mass is 10.3. The van der Waals surface area contributed by atoms with E-state index in [4.69, 9.17) is 10.00 Å².